The number of rotatable bonds is 3. The molecule has 0 bridgehead atoms. The first kappa shape index (κ1) is 13.0. The first-order valence-corrected chi connectivity index (χ1v) is 6.33. The fraction of sp³-hybridized carbons (Fsp3) is 0.0667. The fourth-order valence-electron chi connectivity index (χ4n) is 2.12. The number of nitro groups is 1. The molecule has 0 saturated carbocycles. The van der Waals surface area contributed by atoms with Crippen molar-refractivity contribution in [3.8, 4) is 0 Å². The molecule has 6 heteroatoms. The molecule has 0 spiro atoms. The zero-order chi connectivity index (χ0) is 14.8. The third-order valence-electron chi connectivity index (χ3n) is 3.19. The van der Waals surface area contributed by atoms with Crippen LogP contribution in [0.15, 0.2) is 59.5 Å². The summed E-state index contributed by atoms with van der Waals surface area (Å²) in [6.07, 6.45) is 1.74. The lowest BCUT2D eigenvalue weighted by atomic mass is 10.2. The number of non-ortho nitro benzene ring substituents is 1. The second kappa shape index (κ2) is 5.16. The molecule has 3 aromatic rings. The zero-order valence-electron chi connectivity index (χ0n) is 11.0. The molecule has 0 aliphatic heterocycles. The van der Waals surface area contributed by atoms with Gasteiger partial charge in [-0.15, -0.1) is 0 Å². The molecule has 0 unspecified atom stereocenters. The topological polar surface area (TPSA) is 78.0 Å². The Morgan fingerprint density at radius 3 is 2.52 bits per heavy atom. The number of hydrogen-bond donors (Lipinski definition) is 0. The van der Waals surface area contributed by atoms with Crippen molar-refractivity contribution in [2.24, 2.45) is 0 Å². The van der Waals surface area contributed by atoms with Gasteiger partial charge in [-0.25, -0.2) is 4.79 Å². The van der Waals surface area contributed by atoms with Crippen molar-refractivity contribution in [1.82, 2.24) is 9.55 Å². The third kappa shape index (κ3) is 2.64. The van der Waals surface area contributed by atoms with Crippen molar-refractivity contribution in [1.29, 1.82) is 0 Å². The van der Waals surface area contributed by atoms with Gasteiger partial charge in [0.05, 0.1) is 17.0 Å². The van der Waals surface area contributed by atoms with Gasteiger partial charge in [0, 0.05) is 23.7 Å². The van der Waals surface area contributed by atoms with E-state index in [1.165, 1.54) is 16.7 Å². The van der Waals surface area contributed by atoms with E-state index in [1.807, 2.05) is 18.2 Å². The van der Waals surface area contributed by atoms with Crippen LogP contribution in [-0.4, -0.2) is 14.5 Å². The van der Waals surface area contributed by atoms with Gasteiger partial charge in [-0.2, -0.15) is 4.98 Å². The minimum absolute atomic E-state index is 0.0303. The van der Waals surface area contributed by atoms with Gasteiger partial charge in [0.15, 0.2) is 0 Å². The number of nitro benzene ring substituents is 1. The highest BCUT2D eigenvalue weighted by atomic mass is 16.6. The van der Waals surface area contributed by atoms with Crippen LogP contribution in [0.1, 0.15) is 5.56 Å². The van der Waals surface area contributed by atoms with Crippen LogP contribution in [0.2, 0.25) is 0 Å². The van der Waals surface area contributed by atoms with Crippen LogP contribution in [0.4, 0.5) is 5.69 Å². The lowest BCUT2D eigenvalue weighted by molar-refractivity contribution is -0.384. The summed E-state index contributed by atoms with van der Waals surface area (Å²) in [6.45, 7) is 0.328. The Morgan fingerprint density at radius 1 is 1.10 bits per heavy atom. The number of benzene rings is 2. The molecule has 0 fully saturated rings. The minimum atomic E-state index is -0.451. The summed E-state index contributed by atoms with van der Waals surface area (Å²) in [5, 5.41) is 11.5. The van der Waals surface area contributed by atoms with E-state index in [0.717, 1.165) is 10.9 Å². The highest BCUT2D eigenvalue weighted by molar-refractivity contribution is 5.77. The Morgan fingerprint density at radius 2 is 1.81 bits per heavy atom. The second-order valence-electron chi connectivity index (χ2n) is 4.63. The summed E-state index contributed by atoms with van der Waals surface area (Å²) in [5.74, 6) is 0. The second-order valence-corrected chi connectivity index (χ2v) is 4.63. The predicted molar refractivity (Wildman–Crippen MR) is 78.2 cm³/mol. The molecule has 0 amide bonds. The maximum atomic E-state index is 12.0. The van der Waals surface area contributed by atoms with E-state index in [4.69, 9.17) is 0 Å². The van der Waals surface area contributed by atoms with E-state index in [1.54, 1.807) is 24.4 Å². The Hall–Kier alpha value is -3.02. The summed E-state index contributed by atoms with van der Waals surface area (Å²) < 4.78 is 1.49. The van der Waals surface area contributed by atoms with Crippen molar-refractivity contribution in [2.45, 2.75) is 6.54 Å². The summed E-state index contributed by atoms with van der Waals surface area (Å²) in [4.78, 5) is 26.1. The molecule has 21 heavy (non-hydrogen) atoms. The molecule has 0 aliphatic carbocycles. The van der Waals surface area contributed by atoms with Crippen LogP contribution in [0.25, 0.3) is 10.9 Å². The Kier molecular flexibility index (Phi) is 3.19. The number of aromatic nitrogens is 2. The monoisotopic (exact) mass is 281 g/mol. The molecule has 0 radical (unpaired) electrons. The number of para-hydroxylation sites is 1. The van der Waals surface area contributed by atoms with Crippen LogP contribution in [0.5, 0.6) is 0 Å². The quantitative estimate of drug-likeness (QED) is 0.545. The van der Waals surface area contributed by atoms with Crippen molar-refractivity contribution >= 4 is 16.6 Å². The van der Waals surface area contributed by atoms with Gasteiger partial charge >= 0.3 is 5.69 Å². The van der Waals surface area contributed by atoms with Gasteiger partial charge < -0.3 is 0 Å². The summed E-state index contributed by atoms with van der Waals surface area (Å²) in [5.41, 5.74) is 1.15. The highest BCUT2D eigenvalue weighted by Gasteiger charge is 2.06. The third-order valence-corrected chi connectivity index (χ3v) is 3.19. The van der Waals surface area contributed by atoms with Gasteiger partial charge in [-0.05, 0) is 11.6 Å². The summed E-state index contributed by atoms with van der Waals surface area (Å²) >= 11 is 0. The van der Waals surface area contributed by atoms with Crippen LogP contribution < -0.4 is 5.69 Å². The number of fused-ring (bicyclic) bond motifs is 1. The smallest absolute Gasteiger partial charge is 0.294 e. The van der Waals surface area contributed by atoms with Crippen LogP contribution >= 0.6 is 0 Å². The van der Waals surface area contributed by atoms with E-state index in [9.17, 15) is 14.9 Å². The first-order valence-electron chi connectivity index (χ1n) is 6.33. The Bertz CT molecular complexity index is 869. The largest absolute Gasteiger partial charge is 0.348 e. The molecule has 0 aliphatic rings. The normalized spacial score (nSPS) is 10.7. The fourth-order valence-corrected chi connectivity index (χ4v) is 2.12. The van der Waals surface area contributed by atoms with Gasteiger partial charge in [0.2, 0.25) is 0 Å². The molecule has 3 rings (SSSR count). The highest BCUT2D eigenvalue weighted by Crippen LogP contribution is 2.13. The summed E-state index contributed by atoms with van der Waals surface area (Å²) in [6, 6.07) is 13.5. The maximum absolute atomic E-state index is 12.0. The number of nitrogens with zero attached hydrogens (tertiary/aromatic N) is 3. The van der Waals surface area contributed by atoms with E-state index in [2.05, 4.69) is 4.98 Å². The standard InChI is InChI=1S/C15H11N3O3/c19-15-16-14-4-2-1-3-12(14)10-17(15)9-11-5-7-13(8-6-11)18(20)21/h1-8,10H,9H2. The van der Waals surface area contributed by atoms with Gasteiger partial charge in [-0.3, -0.25) is 14.7 Å². The predicted octanol–water partition coefficient (Wildman–Crippen LogP) is 2.35. The summed E-state index contributed by atoms with van der Waals surface area (Å²) in [7, 11) is 0. The van der Waals surface area contributed by atoms with Gasteiger partial charge in [-0.1, -0.05) is 30.3 Å². The van der Waals surface area contributed by atoms with Crippen LogP contribution in [0, 0.1) is 10.1 Å². The molecule has 0 atom stereocenters. The molecular weight excluding hydrogens is 270 g/mol. The SMILES string of the molecule is O=c1nc2ccccc2cn1Cc1ccc([N+](=O)[O-])cc1. The lowest BCUT2D eigenvalue weighted by Gasteiger charge is -2.06. The average Bonchev–Trinajstić information content (AvgIpc) is 2.48. The van der Waals surface area contributed by atoms with Crippen LogP contribution in [-0.2, 0) is 6.54 Å². The molecule has 2 aromatic carbocycles. The van der Waals surface area contributed by atoms with E-state index < -0.39 is 4.92 Å². The first-order chi connectivity index (χ1) is 10.1. The molecule has 1 aromatic heterocycles. The molecule has 104 valence electrons. The van der Waals surface area contributed by atoms with Gasteiger partial charge in [0.1, 0.15) is 0 Å². The van der Waals surface area contributed by atoms with Crippen LogP contribution in [0.3, 0.4) is 0 Å². The van der Waals surface area contributed by atoms with Crippen molar-refractivity contribution in [2.75, 3.05) is 0 Å². The average molecular weight is 281 g/mol. The van der Waals surface area contributed by atoms with Gasteiger partial charge in [0.25, 0.3) is 5.69 Å². The Labute approximate surface area is 119 Å². The van der Waals surface area contributed by atoms with E-state index >= 15 is 0 Å². The lowest BCUT2D eigenvalue weighted by Crippen LogP contribution is -2.22. The molecule has 1 heterocycles. The van der Waals surface area contributed by atoms with Crippen molar-refractivity contribution in [3.63, 3.8) is 0 Å². The van der Waals surface area contributed by atoms with Crippen molar-refractivity contribution < 1.29 is 4.92 Å². The van der Waals surface area contributed by atoms with Crippen molar-refractivity contribution in [3.05, 3.63) is 80.9 Å². The molecular formula is C15H11N3O3. The molecule has 6 nitrogen and oxygen atoms in total. The Balaban J connectivity index is 1.95. The van der Waals surface area contributed by atoms with E-state index in [-0.39, 0.29) is 11.4 Å². The molecule has 0 saturated heterocycles. The molecule has 0 N–H and O–H groups in total. The number of hydrogen-bond acceptors (Lipinski definition) is 4. The van der Waals surface area contributed by atoms with E-state index in [0.29, 0.717) is 12.1 Å². The minimum Gasteiger partial charge on any atom is -0.294 e. The maximum Gasteiger partial charge on any atom is 0.348 e. The zero-order valence-corrected chi connectivity index (χ0v) is 11.0.